The minimum absolute atomic E-state index is 0.146. The van der Waals surface area contributed by atoms with Gasteiger partial charge in [0.1, 0.15) is 0 Å². The Hall–Kier alpha value is -0.970. The van der Waals surface area contributed by atoms with Gasteiger partial charge in [-0.3, -0.25) is 0 Å². The average Bonchev–Trinajstić information content (AvgIpc) is 3.10. The Morgan fingerprint density at radius 1 is 1.36 bits per heavy atom. The highest BCUT2D eigenvalue weighted by molar-refractivity contribution is 6.35. The number of carbonyl (C=O) groups is 1. The quantitative estimate of drug-likeness (QED) is 0.874. The fraction of sp³-hybridized carbons (Fsp3) is 0.562. The van der Waals surface area contributed by atoms with E-state index in [-0.39, 0.29) is 23.5 Å². The topological polar surface area (TPSA) is 50.4 Å². The van der Waals surface area contributed by atoms with Crippen LogP contribution in [0.4, 0.5) is 4.79 Å². The second-order valence-corrected chi connectivity index (χ2v) is 7.08. The lowest BCUT2D eigenvalue weighted by Gasteiger charge is -2.23. The van der Waals surface area contributed by atoms with Crippen LogP contribution >= 0.6 is 23.2 Å². The molecule has 1 unspecified atom stereocenters. The molecule has 1 saturated carbocycles. The molecule has 3 rings (SSSR count). The van der Waals surface area contributed by atoms with Crippen LogP contribution < -0.4 is 10.6 Å². The summed E-state index contributed by atoms with van der Waals surface area (Å²) in [6, 6.07) is 5.25. The number of rotatable bonds is 3. The van der Waals surface area contributed by atoms with Gasteiger partial charge in [-0.2, -0.15) is 0 Å². The summed E-state index contributed by atoms with van der Waals surface area (Å²) in [6.45, 7) is 3.51. The fourth-order valence-corrected chi connectivity index (χ4v) is 3.78. The Kier molecular flexibility index (Phi) is 4.53. The summed E-state index contributed by atoms with van der Waals surface area (Å²) in [7, 11) is 0. The number of halogens is 2. The summed E-state index contributed by atoms with van der Waals surface area (Å²) in [6.07, 6.45) is 3.13. The predicted molar refractivity (Wildman–Crippen MR) is 87.4 cm³/mol. The lowest BCUT2D eigenvalue weighted by Crippen LogP contribution is -2.40. The second kappa shape index (κ2) is 6.26. The molecule has 4 nitrogen and oxygen atoms in total. The zero-order chi connectivity index (χ0) is 15.7. The number of carbonyl (C=O) groups excluding carboxylic acids is 1. The summed E-state index contributed by atoms with van der Waals surface area (Å²) >= 11 is 12.1. The molecular weight excluding hydrogens is 323 g/mol. The first-order valence-corrected chi connectivity index (χ1v) is 8.35. The van der Waals surface area contributed by atoms with Gasteiger partial charge in [-0.05, 0) is 49.3 Å². The maximum atomic E-state index is 12.2. The van der Waals surface area contributed by atoms with E-state index in [0.29, 0.717) is 10.0 Å². The molecule has 2 N–H and O–H groups in total. The molecule has 0 radical (unpaired) electrons. The molecule has 1 aliphatic carbocycles. The molecule has 2 atom stereocenters. The molecular formula is C16H20Cl2N2O2. The van der Waals surface area contributed by atoms with Gasteiger partial charge < -0.3 is 15.4 Å². The number of nitrogens with one attached hydrogen (secondary N) is 2. The van der Waals surface area contributed by atoms with Crippen molar-refractivity contribution in [1.82, 2.24) is 10.6 Å². The van der Waals surface area contributed by atoms with Crippen molar-refractivity contribution in [3.05, 3.63) is 33.8 Å². The lowest BCUT2D eigenvalue weighted by atomic mass is 9.96. The molecule has 0 aromatic heterocycles. The van der Waals surface area contributed by atoms with Crippen molar-refractivity contribution < 1.29 is 9.53 Å². The summed E-state index contributed by atoms with van der Waals surface area (Å²) < 4.78 is 5.39. The number of urea groups is 1. The van der Waals surface area contributed by atoms with Crippen molar-refractivity contribution in [1.29, 1.82) is 0 Å². The maximum absolute atomic E-state index is 12.2. The smallest absolute Gasteiger partial charge is 0.315 e. The molecule has 120 valence electrons. The SMILES string of the molecule is C[C@H](NC(=O)NC1CC12CCOCC2)c1ccc(Cl)cc1Cl. The largest absolute Gasteiger partial charge is 0.381 e. The monoisotopic (exact) mass is 342 g/mol. The van der Waals surface area contributed by atoms with E-state index in [0.717, 1.165) is 38.0 Å². The number of ether oxygens (including phenoxy) is 1. The summed E-state index contributed by atoms with van der Waals surface area (Å²) in [5.74, 6) is 0. The Balaban J connectivity index is 1.53. The van der Waals surface area contributed by atoms with E-state index >= 15 is 0 Å². The van der Waals surface area contributed by atoms with E-state index in [2.05, 4.69) is 10.6 Å². The molecule has 2 fully saturated rings. The van der Waals surface area contributed by atoms with Crippen LogP contribution in [-0.4, -0.2) is 25.3 Å². The Morgan fingerprint density at radius 2 is 2.09 bits per heavy atom. The van der Waals surface area contributed by atoms with E-state index in [1.807, 2.05) is 13.0 Å². The fourth-order valence-electron chi connectivity index (χ4n) is 3.21. The normalized spacial score (nSPS) is 23.9. The zero-order valence-electron chi connectivity index (χ0n) is 12.5. The van der Waals surface area contributed by atoms with Crippen LogP contribution in [0.5, 0.6) is 0 Å². The van der Waals surface area contributed by atoms with Gasteiger partial charge in [0.2, 0.25) is 0 Å². The van der Waals surface area contributed by atoms with Gasteiger partial charge in [0.15, 0.2) is 0 Å². The molecule has 2 amide bonds. The maximum Gasteiger partial charge on any atom is 0.315 e. The predicted octanol–water partition coefficient (Wildman–Crippen LogP) is 3.92. The van der Waals surface area contributed by atoms with Crippen LogP contribution in [0, 0.1) is 5.41 Å². The Morgan fingerprint density at radius 3 is 2.77 bits per heavy atom. The van der Waals surface area contributed by atoms with Crippen LogP contribution in [0.2, 0.25) is 10.0 Å². The minimum atomic E-state index is -0.172. The van der Waals surface area contributed by atoms with Crippen molar-refractivity contribution >= 4 is 29.2 Å². The molecule has 1 heterocycles. The second-order valence-electron chi connectivity index (χ2n) is 6.24. The molecule has 1 spiro atoms. The van der Waals surface area contributed by atoms with Gasteiger partial charge in [0.25, 0.3) is 0 Å². The highest BCUT2D eigenvalue weighted by atomic mass is 35.5. The van der Waals surface area contributed by atoms with Crippen molar-refractivity contribution in [2.75, 3.05) is 13.2 Å². The molecule has 0 bridgehead atoms. The average molecular weight is 343 g/mol. The number of hydrogen-bond acceptors (Lipinski definition) is 2. The minimum Gasteiger partial charge on any atom is -0.381 e. The van der Waals surface area contributed by atoms with Crippen LogP contribution in [0.3, 0.4) is 0 Å². The van der Waals surface area contributed by atoms with Crippen molar-refractivity contribution in [3.8, 4) is 0 Å². The lowest BCUT2D eigenvalue weighted by molar-refractivity contribution is 0.0547. The van der Waals surface area contributed by atoms with Crippen molar-refractivity contribution in [2.45, 2.75) is 38.3 Å². The van der Waals surface area contributed by atoms with E-state index in [1.54, 1.807) is 12.1 Å². The van der Waals surface area contributed by atoms with Crippen molar-refractivity contribution in [2.24, 2.45) is 5.41 Å². The Bertz CT molecular complexity index is 573. The standard InChI is InChI=1S/C16H20Cl2N2O2/c1-10(12-3-2-11(17)8-13(12)18)19-15(21)20-14-9-16(14)4-6-22-7-5-16/h2-3,8,10,14H,4-7,9H2,1H3,(H2,19,20,21)/t10-,14?/m0/s1. The van der Waals surface area contributed by atoms with Crippen LogP contribution in [-0.2, 0) is 4.74 Å². The van der Waals surface area contributed by atoms with Gasteiger partial charge in [-0.25, -0.2) is 4.79 Å². The Labute approximate surface area is 140 Å². The van der Waals surface area contributed by atoms with Crippen LogP contribution in [0.15, 0.2) is 18.2 Å². The first-order valence-electron chi connectivity index (χ1n) is 7.60. The first kappa shape index (κ1) is 15.9. The number of hydrogen-bond donors (Lipinski definition) is 2. The van der Waals surface area contributed by atoms with Gasteiger partial charge in [-0.1, -0.05) is 29.3 Å². The molecule has 1 aliphatic heterocycles. The molecule has 22 heavy (non-hydrogen) atoms. The van der Waals surface area contributed by atoms with E-state index in [1.165, 1.54) is 0 Å². The van der Waals surface area contributed by atoms with Gasteiger partial charge in [-0.15, -0.1) is 0 Å². The number of benzene rings is 1. The molecule has 1 saturated heterocycles. The molecule has 1 aromatic rings. The zero-order valence-corrected chi connectivity index (χ0v) is 14.0. The highest BCUT2D eigenvalue weighted by Gasteiger charge is 2.55. The third-order valence-corrected chi connectivity index (χ3v) is 5.32. The molecule has 1 aromatic carbocycles. The third kappa shape index (κ3) is 3.34. The first-order chi connectivity index (χ1) is 10.5. The molecule has 6 heteroatoms. The third-order valence-electron chi connectivity index (χ3n) is 4.76. The summed E-state index contributed by atoms with van der Waals surface area (Å²) in [4.78, 5) is 12.2. The van der Waals surface area contributed by atoms with E-state index in [4.69, 9.17) is 27.9 Å². The summed E-state index contributed by atoms with van der Waals surface area (Å²) in [5, 5.41) is 7.16. The van der Waals surface area contributed by atoms with Crippen LogP contribution in [0.25, 0.3) is 0 Å². The highest BCUT2D eigenvalue weighted by Crippen LogP contribution is 2.53. The summed E-state index contributed by atoms with van der Waals surface area (Å²) in [5.41, 5.74) is 1.13. The van der Waals surface area contributed by atoms with Crippen LogP contribution in [0.1, 0.15) is 37.8 Å². The van der Waals surface area contributed by atoms with E-state index < -0.39 is 0 Å². The van der Waals surface area contributed by atoms with Gasteiger partial charge in [0.05, 0.1) is 6.04 Å². The van der Waals surface area contributed by atoms with Crippen molar-refractivity contribution in [3.63, 3.8) is 0 Å². The van der Waals surface area contributed by atoms with Gasteiger partial charge >= 0.3 is 6.03 Å². The molecule has 2 aliphatic rings. The number of amides is 2. The van der Waals surface area contributed by atoms with E-state index in [9.17, 15) is 4.79 Å². The van der Waals surface area contributed by atoms with Gasteiger partial charge in [0, 0.05) is 29.3 Å².